The Balaban J connectivity index is 1.31. The highest BCUT2D eigenvalue weighted by Gasteiger charge is 2.39. The van der Waals surface area contributed by atoms with Gasteiger partial charge in [0.25, 0.3) is 5.91 Å². The van der Waals surface area contributed by atoms with Gasteiger partial charge in [0, 0.05) is 50.4 Å². The predicted octanol–water partition coefficient (Wildman–Crippen LogP) is 5.48. The van der Waals surface area contributed by atoms with Crippen molar-refractivity contribution in [3.63, 3.8) is 0 Å². The lowest BCUT2D eigenvalue weighted by Gasteiger charge is -2.31. The van der Waals surface area contributed by atoms with Crippen molar-refractivity contribution >= 4 is 63.3 Å². The minimum absolute atomic E-state index is 0.0478. The Morgan fingerprint density at radius 2 is 1.68 bits per heavy atom. The van der Waals surface area contributed by atoms with Crippen LogP contribution in [0, 0.1) is 0 Å². The molecular weight excluding hydrogens is 591 g/mol. The average Bonchev–Trinajstić information content (AvgIpc) is 3.51. The zero-order valence-electron chi connectivity index (χ0n) is 25.2. The molecule has 3 aromatic rings. The molecule has 0 saturated carbocycles. The summed E-state index contributed by atoms with van der Waals surface area (Å²) in [5.74, 6) is -0.116. The molecule has 3 aliphatic heterocycles. The number of fused-ring (bicyclic) bond motifs is 1. The van der Waals surface area contributed by atoms with Crippen molar-refractivity contribution in [3.8, 4) is 0 Å². The number of carbonyl (C=O) groups excluding carboxylic acids is 2. The quantitative estimate of drug-likeness (QED) is 0.318. The molecular formula is C33H37N7O2S2. The summed E-state index contributed by atoms with van der Waals surface area (Å²) in [7, 11) is 4.11. The monoisotopic (exact) mass is 627 g/mol. The highest BCUT2D eigenvalue weighted by Crippen LogP contribution is 2.50. The predicted molar refractivity (Wildman–Crippen MR) is 183 cm³/mol. The third-order valence-electron chi connectivity index (χ3n) is 7.81. The van der Waals surface area contributed by atoms with Crippen LogP contribution < -0.4 is 15.5 Å². The van der Waals surface area contributed by atoms with Crippen LogP contribution in [0.15, 0.2) is 92.6 Å². The first-order chi connectivity index (χ1) is 21.4. The average molecular weight is 628 g/mol. The number of thioether (sulfide) groups is 2. The van der Waals surface area contributed by atoms with E-state index in [1.54, 1.807) is 16.7 Å². The minimum atomic E-state index is -0.0682. The van der Waals surface area contributed by atoms with E-state index < -0.39 is 0 Å². The number of anilines is 3. The van der Waals surface area contributed by atoms with Crippen molar-refractivity contribution < 1.29 is 9.59 Å². The van der Waals surface area contributed by atoms with Crippen LogP contribution >= 0.6 is 23.5 Å². The van der Waals surface area contributed by atoms with Gasteiger partial charge in [-0.2, -0.15) is 0 Å². The Kier molecular flexibility index (Phi) is 9.27. The van der Waals surface area contributed by atoms with Crippen molar-refractivity contribution in [2.45, 2.75) is 18.4 Å². The van der Waals surface area contributed by atoms with Crippen LogP contribution in [0.25, 0.3) is 0 Å². The van der Waals surface area contributed by atoms with E-state index in [1.165, 1.54) is 11.8 Å². The van der Waals surface area contributed by atoms with E-state index in [1.807, 2.05) is 74.6 Å². The van der Waals surface area contributed by atoms with Crippen molar-refractivity contribution in [2.75, 3.05) is 68.9 Å². The number of aliphatic imine (C=N–C) groups is 1. The van der Waals surface area contributed by atoms with Crippen molar-refractivity contribution in [3.05, 3.63) is 88.3 Å². The standard InChI is InChI=1S/C33H37N7O2S2/c1-4-34-25-15-14-24(35-29(41)22-39-18-16-37(2)17-19-39)20-26(25)36-33-40(21-23-10-6-5-7-11-23)31(42)30(44-33)32-38(3)27-12-8-9-13-28(27)43-32/h5-15,20,34H,4,16-19,21-22H2,1-3H3,(H,35,41). The number of para-hydroxylation sites is 1. The molecule has 2 saturated heterocycles. The molecule has 3 aliphatic rings. The molecule has 0 unspecified atom stereocenters. The second kappa shape index (κ2) is 13.5. The molecule has 2 N–H and O–H groups in total. The number of amides is 2. The summed E-state index contributed by atoms with van der Waals surface area (Å²) in [6.45, 7) is 7.17. The Bertz CT molecular complexity index is 1600. The highest BCUT2D eigenvalue weighted by molar-refractivity contribution is 8.19. The van der Waals surface area contributed by atoms with E-state index in [-0.39, 0.29) is 11.8 Å². The van der Waals surface area contributed by atoms with E-state index >= 15 is 0 Å². The largest absolute Gasteiger partial charge is 0.384 e. The van der Waals surface area contributed by atoms with Crippen LogP contribution in [0.3, 0.4) is 0 Å². The topological polar surface area (TPSA) is 83.5 Å². The number of benzene rings is 3. The number of hydrogen-bond donors (Lipinski definition) is 2. The Morgan fingerprint density at radius 3 is 2.43 bits per heavy atom. The summed E-state index contributed by atoms with van der Waals surface area (Å²) < 4.78 is 0. The summed E-state index contributed by atoms with van der Waals surface area (Å²) in [6, 6.07) is 23.9. The molecule has 0 radical (unpaired) electrons. The van der Waals surface area contributed by atoms with E-state index in [0.29, 0.717) is 41.1 Å². The van der Waals surface area contributed by atoms with Crippen molar-refractivity contribution in [2.24, 2.45) is 4.99 Å². The van der Waals surface area contributed by atoms with Crippen molar-refractivity contribution in [1.82, 2.24) is 14.7 Å². The first-order valence-corrected chi connectivity index (χ1v) is 16.5. The molecule has 6 rings (SSSR count). The number of piperazine rings is 1. The first-order valence-electron chi connectivity index (χ1n) is 14.9. The maximum Gasteiger partial charge on any atom is 0.269 e. The van der Waals surface area contributed by atoms with Crippen LogP contribution in [0.1, 0.15) is 12.5 Å². The maximum atomic E-state index is 14.1. The lowest BCUT2D eigenvalue weighted by Crippen LogP contribution is -2.47. The van der Waals surface area contributed by atoms with Gasteiger partial charge < -0.3 is 20.4 Å². The van der Waals surface area contributed by atoms with Gasteiger partial charge in [-0.15, -0.1) is 0 Å². The molecule has 0 bridgehead atoms. The Morgan fingerprint density at radius 1 is 0.932 bits per heavy atom. The number of hydrogen-bond acceptors (Lipinski definition) is 9. The van der Waals surface area contributed by atoms with Gasteiger partial charge in [-0.3, -0.25) is 19.4 Å². The van der Waals surface area contributed by atoms with Gasteiger partial charge in [-0.25, -0.2) is 4.99 Å². The lowest BCUT2D eigenvalue weighted by atomic mass is 10.2. The molecule has 228 valence electrons. The molecule has 0 spiro atoms. The highest BCUT2D eigenvalue weighted by atomic mass is 32.2. The number of amidine groups is 1. The molecule has 44 heavy (non-hydrogen) atoms. The second-order valence-corrected chi connectivity index (χ2v) is 13.0. The third-order valence-corrected chi connectivity index (χ3v) is 10.2. The van der Waals surface area contributed by atoms with Crippen LogP contribution in [0.4, 0.5) is 22.7 Å². The van der Waals surface area contributed by atoms with Crippen LogP contribution in [-0.4, -0.2) is 85.0 Å². The first kappa shape index (κ1) is 30.3. The fraction of sp³-hybridized carbons (Fsp3) is 0.303. The Labute approximate surface area is 267 Å². The van der Waals surface area contributed by atoms with Crippen LogP contribution in [-0.2, 0) is 16.1 Å². The fourth-order valence-electron chi connectivity index (χ4n) is 5.38. The number of nitrogens with zero attached hydrogens (tertiary/aromatic N) is 5. The SMILES string of the molecule is CCNc1ccc(NC(=O)CN2CCN(C)CC2)cc1N=C1SC(=C2Sc3ccccc3N2C)C(=O)N1Cc1ccccc1. The second-order valence-electron chi connectivity index (χ2n) is 11.0. The summed E-state index contributed by atoms with van der Waals surface area (Å²) in [5, 5.41) is 7.97. The molecule has 2 amide bonds. The molecule has 9 nitrogen and oxygen atoms in total. The molecule has 11 heteroatoms. The molecule has 0 aliphatic carbocycles. The molecule has 2 fully saturated rings. The van der Waals surface area contributed by atoms with Crippen LogP contribution in [0.2, 0.25) is 0 Å². The molecule has 3 aromatic carbocycles. The zero-order chi connectivity index (χ0) is 30.6. The lowest BCUT2D eigenvalue weighted by molar-refractivity contribution is -0.122. The fourth-order valence-corrected chi connectivity index (χ4v) is 7.71. The van der Waals surface area contributed by atoms with E-state index in [0.717, 1.165) is 53.0 Å². The number of nitrogens with one attached hydrogen (secondary N) is 2. The van der Waals surface area contributed by atoms with E-state index in [4.69, 9.17) is 4.99 Å². The van der Waals surface area contributed by atoms with E-state index in [2.05, 4.69) is 44.5 Å². The third kappa shape index (κ3) is 6.66. The van der Waals surface area contributed by atoms with Crippen molar-refractivity contribution in [1.29, 1.82) is 0 Å². The van der Waals surface area contributed by atoms with Gasteiger partial charge in [-0.1, -0.05) is 54.2 Å². The molecule has 0 aromatic heterocycles. The normalized spacial score (nSPS) is 20.0. The zero-order valence-corrected chi connectivity index (χ0v) is 26.9. The maximum absolute atomic E-state index is 14.1. The van der Waals surface area contributed by atoms with Crippen LogP contribution in [0.5, 0.6) is 0 Å². The number of likely N-dealkylation sites (N-methyl/N-ethyl adjacent to an activating group) is 1. The smallest absolute Gasteiger partial charge is 0.269 e. The van der Waals surface area contributed by atoms with Gasteiger partial charge in [0.2, 0.25) is 5.91 Å². The Hall–Kier alpha value is -3.77. The summed E-state index contributed by atoms with van der Waals surface area (Å²) >= 11 is 3.01. The van der Waals surface area contributed by atoms with Gasteiger partial charge in [0.1, 0.15) is 4.91 Å². The van der Waals surface area contributed by atoms with Gasteiger partial charge in [-0.05, 0) is 61.6 Å². The number of carbonyl (C=O) groups is 2. The molecule has 3 heterocycles. The van der Waals surface area contributed by atoms with Gasteiger partial charge >= 0.3 is 0 Å². The number of rotatable bonds is 8. The van der Waals surface area contributed by atoms with E-state index in [9.17, 15) is 9.59 Å². The summed E-state index contributed by atoms with van der Waals surface area (Å²) in [6.07, 6.45) is 0. The minimum Gasteiger partial charge on any atom is -0.384 e. The van der Waals surface area contributed by atoms with Gasteiger partial charge in [0.05, 0.1) is 35.2 Å². The molecule has 0 atom stereocenters. The summed E-state index contributed by atoms with van der Waals surface area (Å²) in [5.41, 5.74) is 4.29. The van der Waals surface area contributed by atoms with Gasteiger partial charge in [0.15, 0.2) is 5.17 Å². The summed E-state index contributed by atoms with van der Waals surface area (Å²) in [4.78, 5) is 42.2.